The van der Waals surface area contributed by atoms with E-state index in [1.54, 1.807) is 0 Å². The van der Waals surface area contributed by atoms with Crippen molar-refractivity contribution in [2.45, 2.75) is 52.7 Å². The first-order valence-corrected chi connectivity index (χ1v) is 7.16. The van der Waals surface area contributed by atoms with Gasteiger partial charge in [0.25, 0.3) is 0 Å². The SMILES string of the molecule is CC(C)Oc1cccc2c1NC(=O)CCN2C(C)(C)C. The van der Waals surface area contributed by atoms with E-state index >= 15 is 0 Å². The van der Waals surface area contributed by atoms with Crippen LogP contribution in [-0.4, -0.2) is 24.1 Å². The van der Waals surface area contributed by atoms with Gasteiger partial charge in [-0.2, -0.15) is 0 Å². The molecule has 0 aromatic heterocycles. The number of benzene rings is 1. The Morgan fingerprint density at radius 2 is 2.00 bits per heavy atom. The monoisotopic (exact) mass is 276 g/mol. The number of rotatable bonds is 2. The minimum atomic E-state index is -0.0441. The summed E-state index contributed by atoms with van der Waals surface area (Å²) in [6.45, 7) is 11.2. The van der Waals surface area contributed by atoms with Gasteiger partial charge < -0.3 is 15.0 Å². The molecule has 4 heteroatoms. The van der Waals surface area contributed by atoms with Crippen LogP contribution in [0.3, 0.4) is 0 Å². The smallest absolute Gasteiger partial charge is 0.226 e. The van der Waals surface area contributed by atoms with Gasteiger partial charge in [-0.15, -0.1) is 0 Å². The normalized spacial score (nSPS) is 15.7. The van der Waals surface area contributed by atoms with E-state index in [4.69, 9.17) is 4.74 Å². The summed E-state index contributed by atoms with van der Waals surface area (Å²) in [6.07, 6.45) is 0.567. The van der Waals surface area contributed by atoms with E-state index in [1.165, 1.54) is 0 Å². The van der Waals surface area contributed by atoms with Gasteiger partial charge >= 0.3 is 0 Å². The van der Waals surface area contributed by atoms with Gasteiger partial charge in [0, 0.05) is 18.5 Å². The number of carbonyl (C=O) groups is 1. The van der Waals surface area contributed by atoms with Crippen LogP contribution in [0.4, 0.5) is 11.4 Å². The molecule has 0 saturated carbocycles. The lowest BCUT2D eigenvalue weighted by Crippen LogP contribution is -2.42. The fourth-order valence-corrected chi connectivity index (χ4v) is 2.45. The third kappa shape index (κ3) is 3.06. The van der Waals surface area contributed by atoms with Crippen LogP contribution < -0.4 is 15.0 Å². The van der Waals surface area contributed by atoms with E-state index in [0.29, 0.717) is 13.0 Å². The summed E-state index contributed by atoms with van der Waals surface area (Å²) in [6, 6.07) is 5.93. The van der Waals surface area contributed by atoms with Crippen LogP contribution in [0.1, 0.15) is 41.0 Å². The second kappa shape index (κ2) is 5.35. The Kier molecular flexibility index (Phi) is 3.93. The van der Waals surface area contributed by atoms with Gasteiger partial charge in [0.2, 0.25) is 5.91 Å². The van der Waals surface area contributed by atoms with E-state index in [2.05, 4.69) is 31.0 Å². The Bertz CT molecular complexity index is 504. The Balaban J connectivity index is 2.51. The number of carbonyl (C=O) groups excluding carboxylic acids is 1. The third-order valence-corrected chi connectivity index (χ3v) is 3.29. The number of nitrogens with one attached hydrogen (secondary N) is 1. The predicted molar refractivity (Wildman–Crippen MR) is 82.6 cm³/mol. The molecule has 1 aliphatic heterocycles. The van der Waals surface area contributed by atoms with Crippen molar-refractivity contribution in [2.24, 2.45) is 0 Å². The molecule has 1 amide bonds. The van der Waals surface area contributed by atoms with Crippen molar-refractivity contribution in [3.8, 4) is 5.75 Å². The molecule has 4 nitrogen and oxygen atoms in total. The molecule has 1 heterocycles. The summed E-state index contributed by atoms with van der Waals surface area (Å²) in [5, 5.41) is 2.99. The molecule has 1 N–H and O–H groups in total. The highest BCUT2D eigenvalue weighted by Gasteiger charge is 2.29. The first-order chi connectivity index (χ1) is 9.29. The number of hydrogen-bond acceptors (Lipinski definition) is 3. The number of hydrogen-bond donors (Lipinski definition) is 1. The molecule has 0 unspecified atom stereocenters. The topological polar surface area (TPSA) is 41.6 Å². The second-order valence-corrected chi connectivity index (χ2v) is 6.44. The number of fused-ring (bicyclic) bond motifs is 1. The first kappa shape index (κ1) is 14.7. The lowest BCUT2D eigenvalue weighted by atomic mass is 10.0. The lowest BCUT2D eigenvalue weighted by molar-refractivity contribution is -0.116. The Hall–Kier alpha value is -1.71. The molecular weight excluding hydrogens is 252 g/mol. The molecule has 1 aliphatic rings. The molecule has 0 aliphatic carbocycles. The summed E-state index contributed by atoms with van der Waals surface area (Å²) in [5.74, 6) is 0.778. The molecule has 0 spiro atoms. The van der Waals surface area contributed by atoms with Gasteiger partial charge in [0.05, 0.1) is 11.8 Å². The zero-order valence-electron chi connectivity index (χ0n) is 13.0. The van der Waals surface area contributed by atoms with Gasteiger partial charge in [-0.05, 0) is 46.8 Å². The number of nitrogens with zero attached hydrogens (tertiary/aromatic N) is 1. The van der Waals surface area contributed by atoms with Crippen molar-refractivity contribution in [3.63, 3.8) is 0 Å². The maximum atomic E-state index is 12.0. The molecule has 0 bridgehead atoms. The van der Waals surface area contributed by atoms with Crippen molar-refractivity contribution in [2.75, 3.05) is 16.8 Å². The maximum absolute atomic E-state index is 12.0. The van der Waals surface area contributed by atoms with Crippen LogP contribution in [0.2, 0.25) is 0 Å². The average Bonchev–Trinajstić information content (AvgIpc) is 2.47. The highest BCUT2D eigenvalue weighted by atomic mass is 16.5. The largest absolute Gasteiger partial charge is 0.489 e. The van der Waals surface area contributed by atoms with Gasteiger partial charge in [0.1, 0.15) is 11.4 Å². The quantitative estimate of drug-likeness (QED) is 0.900. The maximum Gasteiger partial charge on any atom is 0.226 e. The summed E-state index contributed by atoms with van der Waals surface area (Å²) >= 11 is 0. The van der Waals surface area contributed by atoms with E-state index in [-0.39, 0.29) is 17.6 Å². The zero-order valence-corrected chi connectivity index (χ0v) is 13.0. The van der Waals surface area contributed by atoms with Crippen molar-refractivity contribution in [1.82, 2.24) is 0 Å². The van der Waals surface area contributed by atoms with E-state index in [1.807, 2.05) is 32.0 Å². The van der Waals surface area contributed by atoms with Crippen LogP contribution in [-0.2, 0) is 4.79 Å². The molecule has 0 atom stereocenters. The Labute approximate surface area is 121 Å². The summed E-state index contributed by atoms with van der Waals surface area (Å²) < 4.78 is 5.84. The zero-order chi connectivity index (χ0) is 14.9. The van der Waals surface area contributed by atoms with Gasteiger partial charge in [-0.1, -0.05) is 6.07 Å². The number of amides is 1. The molecule has 1 aromatic carbocycles. The fraction of sp³-hybridized carbons (Fsp3) is 0.562. The van der Waals surface area contributed by atoms with Crippen LogP contribution in [0.5, 0.6) is 5.75 Å². The highest BCUT2D eigenvalue weighted by molar-refractivity contribution is 5.98. The highest BCUT2D eigenvalue weighted by Crippen LogP contribution is 2.40. The third-order valence-electron chi connectivity index (χ3n) is 3.29. The van der Waals surface area contributed by atoms with Crippen molar-refractivity contribution >= 4 is 17.3 Å². The van der Waals surface area contributed by atoms with E-state index in [0.717, 1.165) is 17.1 Å². The summed E-state index contributed by atoms with van der Waals surface area (Å²) in [7, 11) is 0. The fourth-order valence-electron chi connectivity index (χ4n) is 2.45. The summed E-state index contributed by atoms with van der Waals surface area (Å²) in [5.41, 5.74) is 1.78. The van der Waals surface area contributed by atoms with E-state index in [9.17, 15) is 4.79 Å². The first-order valence-electron chi connectivity index (χ1n) is 7.16. The van der Waals surface area contributed by atoms with Crippen molar-refractivity contribution in [1.29, 1.82) is 0 Å². The molecule has 0 fully saturated rings. The molecule has 2 rings (SSSR count). The second-order valence-electron chi connectivity index (χ2n) is 6.44. The number of anilines is 2. The predicted octanol–water partition coefficient (Wildman–Crippen LogP) is 3.42. The van der Waals surface area contributed by atoms with Crippen molar-refractivity contribution < 1.29 is 9.53 Å². The Morgan fingerprint density at radius 1 is 1.30 bits per heavy atom. The van der Waals surface area contributed by atoms with Crippen molar-refractivity contribution in [3.05, 3.63) is 18.2 Å². The van der Waals surface area contributed by atoms with Crippen LogP contribution >= 0.6 is 0 Å². The van der Waals surface area contributed by atoms with E-state index < -0.39 is 0 Å². The molecule has 20 heavy (non-hydrogen) atoms. The van der Waals surface area contributed by atoms with Gasteiger partial charge in [-0.3, -0.25) is 4.79 Å². The summed E-state index contributed by atoms with van der Waals surface area (Å²) in [4.78, 5) is 14.2. The number of para-hydroxylation sites is 1. The molecule has 0 saturated heterocycles. The van der Waals surface area contributed by atoms with Crippen LogP contribution in [0, 0.1) is 0 Å². The minimum Gasteiger partial charge on any atom is -0.489 e. The Morgan fingerprint density at radius 3 is 2.60 bits per heavy atom. The lowest BCUT2D eigenvalue weighted by Gasteiger charge is -2.37. The van der Waals surface area contributed by atoms with Crippen LogP contribution in [0.15, 0.2) is 18.2 Å². The van der Waals surface area contributed by atoms with Gasteiger partial charge in [0.15, 0.2) is 0 Å². The van der Waals surface area contributed by atoms with Crippen LogP contribution in [0.25, 0.3) is 0 Å². The van der Waals surface area contributed by atoms with Gasteiger partial charge in [-0.25, -0.2) is 0 Å². The standard InChI is InChI=1S/C16H24N2O2/c1-11(2)20-13-8-6-7-12-15(13)17-14(19)9-10-18(12)16(3,4)5/h6-8,11H,9-10H2,1-5H3,(H,17,19). The minimum absolute atomic E-state index is 0.0396. The molecule has 0 radical (unpaired) electrons. The number of ether oxygens (including phenoxy) is 1. The molecule has 1 aromatic rings. The molecular formula is C16H24N2O2. The average molecular weight is 276 g/mol. The molecule has 110 valence electrons.